The van der Waals surface area contributed by atoms with Gasteiger partial charge in [-0.3, -0.25) is 0 Å². The van der Waals surface area contributed by atoms with E-state index in [1.165, 1.54) is 0 Å². The highest BCUT2D eigenvalue weighted by molar-refractivity contribution is 9.10. The summed E-state index contributed by atoms with van der Waals surface area (Å²) in [6.45, 7) is 2.69. The maximum Gasteiger partial charge on any atom is 0.205 e. The molecule has 0 aliphatic carbocycles. The second-order valence-electron chi connectivity index (χ2n) is 12.1. The smallest absolute Gasteiger partial charge is 0.205 e. The molecule has 0 atom stereocenters. The van der Waals surface area contributed by atoms with E-state index in [9.17, 15) is 0 Å². The molecular weight excluding hydrogens is 688 g/mol. The van der Waals surface area contributed by atoms with E-state index in [-0.39, 0.29) is 0 Å². The number of tetrazole rings is 2. The minimum Gasteiger partial charge on any atom is -0.455 e. The van der Waals surface area contributed by atoms with Crippen LogP contribution >= 0.6 is 15.9 Å². The van der Waals surface area contributed by atoms with Crippen LogP contribution in [0.4, 0.5) is 0 Å². The highest BCUT2D eigenvalue weighted by Gasteiger charge is 2.41. The third-order valence-corrected chi connectivity index (χ3v) is 9.88. The summed E-state index contributed by atoms with van der Waals surface area (Å²) in [5, 5.41) is 28.1. The number of fused-ring (bicyclic) bond motifs is 1. The van der Waals surface area contributed by atoms with Gasteiger partial charge in [-0.2, -0.15) is 0 Å². The van der Waals surface area contributed by atoms with E-state index in [0.29, 0.717) is 18.1 Å². The summed E-state index contributed by atoms with van der Waals surface area (Å²) in [6, 6.07) is 45.1. The fraction of sp³-hybridized carbons (Fsp3) is 0.150. The molecule has 3 heterocycles. The van der Waals surface area contributed by atoms with Gasteiger partial charge in [0.1, 0.15) is 11.3 Å². The molecule has 8 rings (SSSR count). The van der Waals surface area contributed by atoms with Crippen LogP contribution in [0.2, 0.25) is 0 Å². The standard InChI is InChI=1S/C40H33BrN8O/c1-2-3-26-35-42-45-47-48(35)27-28-16-15-25-34-36(28)37(41)38(50-34)32-23-13-14-24-33(32)39-43-46-49(44-39)40(29-17-7-4-8-18-29,30-19-9-5-10-20-30)31-21-11-6-12-22-31/h4-25H,2-3,26-27H2,1H3. The van der Waals surface area contributed by atoms with E-state index in [2.05, 4.69) is 80.8 Å². The Hall–Kier alpha value is -5.74. The van der Waals surface area contributed by atoms with Gasteiger partial charge < -0.3 is 4.42 Å². The molecule has 246 valence electrons. The molecule has 0 bridgehead atoms. The number of aryl methyl sites for hydroxylation is 1. The van der Waals surface area contributed by atoms with Crippen molar-refractivity contribution in [3.8, 4) is 22.7 Å². The van der Waals surface area contributed by atoms with Crippen LogP contribution < -0.4 is 0 Å². The Morgan fingerprint density at radius 3 is 1.94 bits per heavy atom. The van der Waals surface area contributed by atoms with Gasteiger partial charge in [-0.1, -0.05) is 141 Å². The van der Waals surface area contributed by atoms with Gasteiger partial charge >= 0.3 is 0 Å². The monoisotopic (exact) mass is 720 g/mol. The predicted octanol–water partition coefficient (Wildman–Crippen LogP) is 8.73. The zero-order chi connectivity index (χ0) is 33.9. The number of hydrogen-bond acceptors (Lipinski definition) is 7. The predicted molar refractivity (Wildman–Crippen MR) is 196 cm³/mol. The maximum absolute atomic E-state index is 6.59. The van der Waals surface area contributed by atoms with E-state index in [4.69, 9.17) is 19.8 Å². The highest BCUT2D eigenvalue weighted by atomic mass is 79.9. The SMILES string of the molecule is CCCCc1nnnn1Cc1cccc2oc(-c3ccccc3-c3nnn(C(c4ccccc4)(c4ccccc4)c4ccccc4)n3)c(Br)c12. The van der Waals surface area contributed by atoms with E-state index in [1.807, 2.05) is 95.7 Å². The van der Waals surface area contributed by atoms with Gasteiger partial charge in [-0.05, 0) is 66.3 Å². The molecule has 5 aromatic carbocycles. The van der Waals surface area contributed by atoms with Gasteiger partial charge in [-0.25, -0.2) is 4.68 Å². The fourth-order valence-corrected chi connectivity index (χ4v) is 7.47. The molecule has 0 aliphatic rings. The van der Waals surface area contributed by atoms with Crippen LogP contribution in [-0.4, -0.2) is 40.4 Å². The first-order valence-corrected chi connectivity index (χ1v) is 17.5. The van der Waals surface area contributed by atoms with Crippen LogP contribution in [0.3, 0.4) is 0 Å². The summed E-state index contributed by atoms with van der Waals surface area (Å²) in [4.78, 5) is 1.74. The molecule has 9 nitrogen and oxygen atoms in total. The average molecular weight is 722 g/mol. The Morgan fingerprint density at radius 2 is 1.30 bits per heavy atom. The van der Waals surface area contributed by atoms with Crippen molar-refractivity contribution in [2.45, 2.75) is 38.3 Å². The van der Waals surface area contributed by atoms with E-state index < -0.39 is 5.54 Å². The lowest BCUT2D eigenvalue weighted by molar-refractivity contribution is 0.396. The highest BCUT2D eigenvalue weighted by Crippen LogP contribution is 2.44. The number of hydrogen-bond donors (Lipinski definition) is 0. The topological polar surface area (TPSA) is 100 Å². The maximum atomic E-state index is 6.59. The zero-order valence-corrected chi connectivity index (χ0v) is 29.0. The molecule has 8 aromatic rings. The number of unbranched alkanes of at least 4 members (excludes halogenated alkanes) is 1. The molecular formula is C40H33BrN8O. The zero-order valence-electron chi connectivity index (χ0n) is 27.4. The number of rotatable bonds is 11. The molecule has 10 heteroatoms. The second kappa shape index (κ2) is 13.6. The Kier molecular flexibility index (Phi) is 8.60. The van der Waals surface area contributed by atoms with Gasteiger partial charge in [0.15, 0.2) is 11.4 Å². The van der Waals surface area contributed by atoms with E-state index in [1.54, 1.807) is 4.80 Å². The van der Waals surface area contributed by atoms with Crippen molar-refractivity contribution < 1.29 is 4.42 Å². The number of halogens is 1. The molecule has 0 aliphatic heterocycles. The van der Waals surface area contributed by atoms with Gasteiger partial charge in [0.2, 0.25) is 5.82 Å². The van der Waals surface area contributed by atoms with E-state index >= 15 is 0 Å². The molecule has 50 heavy (non-hydrogen) atoms. The largest absolute Gasteiger partial charge is 0.455 e. The van der Waals surface area contributed by atoms with E-state index in [0.717, 1.165) is 73.9 Å². The normalized spacial score (nSPS) is 11.7. The van der Waals surface area contributed by atoms with Gasteiger partial charge in [0.05, 0.1) is 11.0 Å². The first-order chi connectivity index (χ1) is 24.7. The van der Waals surface area contributed by atoms with Crippen molar-refractivity contribution in [1.29, 1.82) is 0 Å². The molecule has 0 saturated heterocycles. The minimum absolute atomic E-state index is 0.481. The molecule has 0 amide bonds. The molecule has 0 spiro atoms. The lowest BCUT2D eigenvalue weighted by Crippen LogP contribution is -2.39. The Labute approximate surface area is 297 Å². The Morgan fingerprint density at radius 1 is 0.680 bits per heavy atom. The summed E-state index contributed by atoms with van der Waals surface area (Å²) < 4.78 is 9.31. The first kappa shape index (κ1) is 31.5. The summed E-state index contributed by atoms with van der Waals surface area (Å²) in [7, 11) is 0. The lowest BCUT2D eigenvalue weighted by atomic mass is 9.77. The average Bonchev–Trinajstić information content (AvgIpc) is 3.92. The number of furan rings is 1. The lowest BCUT2D eigenvalue weighted by Gasteiger charge is -2.34. The van der Waals surface area contributed by atoms with Crippen molar-refractivity contribution in [3.63, 3.8) is 0 Å². The summed E-state index contributed by atoms with van der Waals surface area (Å²) >= 11 is 3.92. The van der Waals surface area contributed by atoms with Crippen LogP contribution in [-0.2, 0) is 18.5 Å². The van der Waals surface area contributed by atoms with Gasteiger partial charge in [0, 0.05) is 22.9 Å². The molecule has 0 N–H and O–H groups in total. The molecule has 0 radical (unpaired) electrons. The third kappa shape index (κ3) is 5.51. The summed E-state index contributed by atoms with van der Waals surface area (Å²) in [5.41, 5.74) is 5.62. The number of benzene rings is 5. The van der Waals surface area contributed by atoms with Crippen LogP contribution in [0.15, 0.2) is 142 Å². The first-order valence-electron chi connectivity index (χ1n) is 16.7. The molecule has 3 aromatic heterocycles. The van der Waals surface area contributed by atoms with Crippen molar-refractivity contribution in [3.05, 3.63) is 166 Å². The Balaban J connectivity index is 1.25. The van der Waals surface area contributed by atoms with Crippen LogP contribution in [0.1, 0.15) is 47.8 Å². The van der Waals surface area contributed by atoms with Crippen LogP contribution in [0.5, 0.6) is 0 Å². The third-order valence-electron chi connectivity index (χ3n) is 9.12. The number of aromatic nitrogens is 8. The van der Waals surface area contributed by atoms with Crippen molar-refractivity contribution in [1.82, 2.24) is 40.4 Å². The minimum atomic E-state index is -0.884. The van der Waals surface area contributed by atoms with Gasteiger partial charge in [-0.15, -0.1) is 20.1 Å². The summed E-state index contributed by atoms with van der Waals surface area (Å²) in [6.07, 6.45) is 2.94. The Bertz CT molecular complexity index is 2270. The van der Waals surface area contributed by atoms with Crippen LogP contribution in [0, 0.1) is 0 Å². The number of nitrogens with zero attached hydrogens (tertiary/aromatic N) is 8. The molecule has 0 fully saturated rings. The summed E-state index contributed by atoms with van der Waals surface area (Å²) in [5.74, 6) is 2.04. The van der Waals surface area contributed by atoms with Crippen molar-refractivity contribution in [2.75, 3.05) is 0 Å². The van der Waals surface area contributed by atoms with Crippen molar-refractivity contribution >= 4 is 26.9 Å². The molecule has 0 saturated carbocycles. The van der Waals surface area contributed by atoms with Crippen molar-refractivity contribution in [2.24, 2.45) is 0 Å². The van der Waals surface area contributed by atoms with Crippen LogP contribution in [0.25, 0.3) is 33.7 Å². The fourth-order valence-electron chi connectivity index (χ4n) is 6.73. The quantitative estimate of drug-likeness (QED) is 0.123. The van der Waals surface area contributed by atoms with Gasteiger partial charge in [0.25, 0.3) is 0 Å². The molecule has 0 unspecified atom stereocenters. The second-order valence-corrected chi connectivity index (χ2v) is 12.9.